The Morgan fingerprint density at radius 3 is 2.50 bits per heavy atom. The minimum atomic E-state index is -1.75. The van der Waals surface area contributed by atoms with Crippen LogP contribution in [0.25, 0.3) is 0 Å². The number of thiophene rings is 1. The summed E-state index contributed by atoms with van der Waals surface area (Å²) in [4.78, 5) is 26.7. The molecule has 7 heteroatoms. The highest BCUT2D eigenvalue weighted by Gasteiger charge is 2.34. The van der Waals surface area contributed by atoms with Crippen LogP contribution in [-0.4, -0.2) is 58.8 Å². The second kappa shape index (κ2) is 9.82. The molecule has 1 aromatic heterocycles. The van der Waals surface area contributed by atoms with Gasteiger partial charge in [0.1, 0.15) is 0 Å². The first-order chi connectivity index (χ1) is 13.5. The molecule has 2 amide bonds. The fourth-order valence-corrected chi connectivity index (χ4v) is 4.19. The van der Waals surface area contributed by atoms with Crippen molar-refractivity contribution >= 4 is 23.2 Å². The topological polar surface area (TPSA) is 89.9 Å². The van der Waals surface area contributed by atoms with E-state index in [-0.39, 0.29) is 0 Å². The van der Waals surface area contributed by atoms with Gasteiger partial charge in [0.15, 0.2) is 12.2 Å². The van der Waals surface area contributed by atoms with Gasteiger partial charge in [0.25, 0.3) is 11.8 Å². The molecule has 1 aliphatic rings. The van der Waals surface area contributed by atoms with Crippen LogP contribution in [-0.2, 0) is 22.4 Å². The van der Waals surface area contributed by atoms with Crippen LogP contribution in [0.1, 0.15) is 28.8 Å². The maximum atomic E-state index is 12.1. The quantitative estimate of drug-likeness (QED) is 0.622. The summed E-state index contributed by atoms with van der Waals surface area (Å²) in [6.07, 6.45) is -0.189. The van der Waals surface area contributed by atoms with Crippen molar-refractivity contribution in [3.63, 3.8) is 0 Å². The van der Waals surface area contributed by atoms with E-state index in [0.717, 1.165) is 24.1 Å². The van der Waals surface area contributed by atoms with Crippen molar-refractivity contribution in [1.82, 2.24) is 10.2 Å². The standard InChI is InChI=1S/C21H26N2O4S/c24-18(19(25)21(27)23-10-4-5-11-23)20(26)22-9-8-17-13-16(14-28-17)12-15-6-2-1-3-7-15/h1-3,6-7,13-14,18-19,24-25H,4-5,8-12H2,(H,22,26). The number of nitrogens with zero attached hydrogens (tertiary/aromatic N) is 1. The number of nitrogens with one attached hydrogen (secondary N) is 1. The van der Waals surface area contributed by atoms with E-state index in [2.05, 4.69) is 28.9 Å². The number of amides is 2. The van der Waals surface area contributed by atoms with Crippen LogP contribution in [0, 0.1) is 0 Å². The molecular formula is C21H26N2O4S. The van der Waals surface area contributed by atoms with Gasteiger partial charge in [-0.15, -0.1) is 11.3 Å². The lowest BCUT2D eigenvalue weighted by Crippen LogP contribution is -2.50. The van der Waals surface area contributed by atoms with Crippen LogP contribution in [0.2, 0.25) is 0 Å². The molecule has 3 N–H and O–H groups in total. The molecule has 28 heavy (non-hydrogen) atoms. The van der Waals surface area contributed by atoms with Crippen LogP contribution in [0.4, 0.5) is 0 Å². The van der Waals surface area contributed by atoms with E-state index in [1.807, 2.05) is 18.2 Å². The Bertz CT molecular complexity index is 787. The summed E-state index contributed by atoms with van der Waals surface area (Å²) in [5.41, 5.74) is 2.48. The lowest BCUT2D eigenvalue weighted by atomic mass is 10.1. The molecule has 3 rings (SSSR count). The van der Waals surface area contributed by atoms with Crippen molar-refractivity contribution in [2.75, 3.05) is 19.6 Å². The maximum Gasteiger partial charge on any atom is 0.254 e. The molecule has 2 aromatic rings. The molecule has 2 atom stereocenters. The zero-order chi connectivity index (χ0) is 19.9. The van der Waals surface area contributed by atoms with Gasteiger partial charge in [0.2, 0.25) is 0 Å². The van der Waals surface area contributed by atoms with Crippen molar-refractivity contribution in [2.45, 2.75) is 37.9 Å². The zero-order valence-electron chi connectivity index (χ0n) is 15.7. The average molecular weight is 403 g/mol. The molecule has 2 unspecified atom stereocenters. The number of hydrogen-bond acceptors (Lipinski definition) is 5. The molecular weight excluding hydrogens is 376 g/mol. The first-order valence-corrected chi connectivity index (χ1v) is 10.5. The summed E-state index contributed by atoms with van der Waals surface area (Å²) in [6, 6.07) is 12.3. The van der Waals surface area contributed by atoms with Crippen LogP contribution >= 0.6 is 11.3 Å². The molecule has 0 radical (unpaired) electrons. The van der Waals surface area contributed by atoms with Gasteiger partial charge < -0.3 is 20.4 Å². The van der Waals surface area contributed by atoms with E-state index in [4.69, 9.17) is 0 Å². The Morgan fingerprint density at radius 2 is 1.79 bits per heavy atom. The molecule has 0 spiro atoms. The summed E-state index contributed by atoms with van der Waals surface area (Å²) < 4.78 is 0. The Kier molecular flexibility index (Phi) is 7.19. The van der Waals surface area contributed by atoms with Crippen molar-refractivity contribution in [1.29, 1.82) is 0 Å². The summed E-state index contributed by atoms with van der Waals surface area (Å²) in [5.74, 6) is -1.30. The summed E-state index contributed by atoms with van der Waals surface area (Å²) >= 11 is 1.63. The Labute approximate surface area is 168 Å². The third-order valence-corrected chi connectivity index (χ3v) is 5.91. The molecule has 1 fully saturated rings. The van der Waals surface area contributed by atoms with Crippen LogP contribution in [0.15, 0.2) is 41.8 Å². The fourth-order valence-electron chi connectivity index (χ4n) is 3.30. The molecule has 150 valence electrons. The molecule has 1 aliphatic heterocycles. The molecule has 6 nitrogen and oxygen atoms in total. The summed E-state index contributed by atoms with van der Waals surface area (Å²) in [5, 5.41) is 24.7. The number of aliphatic hydroxyl groups is 2. The first-order valence-electron chi connectivity index (χ1n) is 9.57. The summed E-state index contributed by atoms with van der Waals surface area (Å²) in [6.45, 7) is 1.47. The monoisotopic (exact) mass is 402 g/mol. The Hall–Kier alpha value is -2.22. The zero-order valence-corrected chi connectivity index (χ0v) is 16.5. The maximum absolute atomic E-state index is 12.1. The Balaban J connectivity index is 1.43. The lowest BCUT2D eigenvalue weighted by Gasteiger charge is -2.22. The third-order valence-electron chi connectivity index (χ3n) is 4.87. The van der Waals surface area contributed by atoms with Gasteiger partial charge in [0, 0.05) is 24.5 Å². The highest BCUT2D eigenvalue weighted by atomic mass is 32.1. The van der Waals surface area contributed by atoms with E-state index in [0.29, 0.717) is 26.1 Å². The minimum Gasteiger partial charge on any atom is -0.380 e. The van der Waals surface area contributed by atoms with Gasteiger partial charge in [0.05, 0.1) is 0 Å². The van der Waals surface area contributed by atoms with Gasteiger partial charge >= 0.3 is 0 Å². The van der Waals surface area contributed by atoms with Gasteiger partial charge in [-0.3, -0.25) is 9.59 Å². The third kappa shape index (κ3) is 5.41. The Morgan fingerprint density at radius 1 is 1.07 bits per heavy atom. The largest absolute Gasteiger partial charge is 0.380 e. The van der Waals surface area contributed by atoms with Crippen LogP contribution < -0.4 is 5.32 Å². The molecule has 2 heterocycles. The first kappa shape index (κ1) is 20.5. The predicted molar refractivity (Wildman–Crippen MR) is 108 cm³/mol. The van der Waals surface area contributed by atoms with E-state index in [1.54, 1.807) is 11.3 Å². The number of carbonyl (C=O) groups excluding carboxylic acids is 2. The van der Waals surface area contributed by atoms with Crippen molar-refractivity contribution in [3.8, 4) is 0 Å². The molecule has 1 saturated heterocycles. The van der Waals surface area contributed by atoms with Crippen LogP contribution in [0.3, 0.4) is 0 Å². The van der Waals surface area contributed by atoms with Crippen LogP contribution in [0.5, 0.6) is 0 Å². The number of rotatable bonds is 8. The number of likely N-dealkylation sites (tertiary alicyclic amines) is 1. The number of benzene rings is 1. The van der Waals surface area contributed by atoms with E-state index >= 15 is 0 Å². The molecule has 1 aromatic carbocycles. The molecule has 0 aliphatic carbocycles. The van der Waals surface area contributed by atoms with Crippen molar-refractivity contribution in [3.05, 3.63) is 57.8 Å². The smallest absolute Gasteiger partial charge is 0.254 e. The number of carbonyl (C=O) groups is 2. The van der Waals surface area contributed by atoms with E-state index < -0.39 is 24.0 Å². The van der Waals surface area contributed by atoms with Gasteiger partial charge in [-0.2, -0.15) is 0 Å². The van der Waals surface area contributed by atoms with Gasteiger partial charge in [-0.25, -0.2) is 0 Å². The van der Waals surface area contributed by atoms with Crippen molar-refractivity contribution in [2.24, 2.45) is 0 Å². The number of hydrogen-bond donors (Lipinski definition) is 3. The van der Waals surface area contributed by atoms with Crippen molar-refractivity contribution < 1.29 is 19.8 Å². The highest BCUT2D eigenvalue weighted by Crippen LogP contribution is 2.18. The predicted octanol–water partition coefficient (Wildman–Crippen LogP) is 1.34. The average Bonchev–Trinajstić information content (AvgIpc) is 3.39. The second-order valence-corrected chi connectivity index (χ2v) is 8.04. The number of aliphatic hydroxyl groups excluding tert-OH is 2. The van der Waals surface area contributed by atoms with Gasteiger partial charge in [-0.1, -0.05) is 30.3 Å². The molecule has 0 bridgehead atoms. The normalized spacial score (nSPS) is 16.0. The van der Waals surface area contributed by atoms with E-state index in [1.165, 1.54) is 16.0 Å². The summed E-state index contributed by atoms with van der Waals surface area (Å²) in [7, 11) is 0. The van der Waals surface area contributed by atoms with E-state index in [9.17, 15) is 19.8 Å². The SMILES string of the molecule is O=C(NCCc1cc(Cc2ccccc2)cs1)C(O)C(O)C(=O)N1CCCC1. The minimum absolute atomic E-state index is 0.339. The second-order valence-electron chi connectivity index (χ2n) is 7.05. The lowest BCUT2D eigenvalue weighted by molar-refractivity contribution is -0.152. The fraction of sp³-hybridized carbons (Fsp3) is 0.429. The van der Waals surface area contributed by atoms with Gasteiger partial charge in [-0.05, 0) is 48.3 Å². The highest BCUT2D eigenvalue weighted by molar-refractivity contribution is 7.10. The molecule has 0 saturated carbocycles.